The Bertz CT molecular complexity index is 215. The number of nitrogens with one attached hydrogen (secondary N) is 1. The van der Waals surface area contributed by atoms with E-state index in [0.717, 1.165) is 6.54 Å². The molecule has 0 aromatic heterocycles. The second-order valence-electron chi connectivity index (χ2n) is 6.01. The molecule has 0 aliphatic heterocycles. The maximum absolute atomic E-state index is 6.21. The van der Waals surface area contributed by atoms with Gasteiger partial charge in [-0.2, -0.15) is 0 Å². The second kappa shape index (κ2) is 5.05. The maximum atomic E-state index is 6.21. The highest BCUT2D eigenvalue weighted by Crippen LogP contribution is 2.50. The molecule has 1 aliphatic carbocycles. The SMILES string of the molecule is CCNC1CC(OC(C)(C)C)C1(CC)CC. The molecule has 0 amide bonds. The van der Waals surface area contributed by atoms with E-state index in [2.05, 4.69) is 46.9 Å². The molecule has 1 rings (SSSR count). The Kier molecular flexibility index (Phi) is 4.42. The summed E-state index contributed by atoms with van der Waals surface area (Å²) in [6, 6.07) is 0.653. The van der Waals surface area contributed by atoms with E-state index in [1.807, 2.05) is 0 Å². The van der Waals surface area contributed by atoms with Crippen LogP contribution in [0, 0.1) is 5.41 Å². The Hall–Kier alpha value is -0.0800. The summed E-state index contributed by atoms with van der Waals surface area (Å²) < 4.78 is 6.21. The van der Waals surface area contributed by atoms with Crippen LogP contribution >= 0.6 is 0 Å². The molecule has 16 heavy (non-hydrogen) atoms. The highest BCUT2D eigenvalue weighted by molar-refractivity contribution is 5.07. The fraction of sp³-hybridized carbons (Fsp3) is 1.00. The third kappa shape index (κ3) is 2.60. The quantitative estimate of drug-likeness (QED) is 0.777. The first-order valence-corrected chi connectivity index (χ1v) is 6.80. The fourth-order valence-corrected chi connectivity index (χ4v) is 3.07. The summed E-state index contributed by atoms with van der Waals surface area (Å²) in [7, 11) is 0. The molecule has 1 N–H and O–H groups in total. The molecule has 0 radical (unpaired) electrons. The second-order valence-corrected chi connectivity index (χ2v) is 6.01. The zero-order chi connectivity index (χ0) is 12.4. The van der Waals surface area contributed by atoms with E-state index in [4.69, 9.17) is 4.74 Å². The predicted molar refractivity (Wildman–Crippen MR) is 69.7 cm³/mol. The molecule has 1 saturated carbocycles. The third-order valence-electron chi connectivity index (χ3n) is 4.05. The van der Waals surface area contributed by atoms with Crippen molar-refractivity contribution in [2.75, 3.05) is 6.54 Å². The average molecular weight is 227 g/mol. The zero-order valence-electron chi connectivity index (χ0n) is 11.9. The van der Waals surface area contributed by atoms with E-state index in [9.17, 15) is 0 Å². The Morgan fingerprint density at radius 1 is 1.19 bits per heavy atom. The van der Waals surface area contributed by atoms with E-state index in [1.165, 1.54) is 19.3 Å². The van der Waals surface area contributed by atoms with Crippen molar-refractivity contribution in [1.82, 2.24) is 5.32 Å². The monoisotopic (exact) mass is 227 g/mol. The van der Waals surface area contributed by atoms with Crippen LogP contribution in [0.5, 0.6) is 0 Å². The van der Waals surface area contributed by atoms with Gasteiger partial charge in [0.25, 0.3) is 0 Å². The van der Waals surface area contributed by atoms with Gasteiger partial charge in [-0.1, -0.05) is 20.8 Å². The van der Waals surface area contributed by atoms with Gasteiger partial charge < -0.3 is 10.1 Å². The summed E-state index contributed by atoms with van der Waals surface area (Å²) in [5.74, 6) is 0. The molecule has 0 heterocycles. The molecular weight excluding hydrogens is 198 g/mol. The van der Waals surface area contributed by atoms with Crippen LogP contribution in [0.15, 0.2) is 0 Å². The van der Waals surface area contributed by atoms with E-state index >= 15 is 0 Å². The number of ether oxygens (including phenoxy) is 1. The van der Waals surface area contributed by atoms with Crippen molar-refractivity contribution >= 4 is 0 Å². The van der Waals surface area contributed by atoms with Crippen LogP contribution in [0.25, 0.3) is 0 Å². The number of hydrogen-bond donors (Lipinski definition) is 1. The van der Waals surface area contributed by atoms with Gasteiger partial charge in [-0.05, 0) is 46.6 Å². The molecule has 2 heteroatoms. The van der Waals surface area contributed by atoms with Gasteiger partial charge in [-0.25, -0.2) is 0 Å². The molecule has 2 unspecified atom stereocenters. The Labute approximate surface area is 101 Å². The summed E-state index contributed by atoms with van der Waals surface area (Å²) in [6.45, 7) is 14.3. The number of hydrogen-bond acceptors (Lipinski definition) is 2. The van der Waals surface area contributed by atoms with Gasteiger partial charge in [-0.3, -0.25) is 0 Å². The van der Waals surface area contributed by atoms with E-state index in [0.29, 0.717) is 17.6 Å². The molecule has 0 saturated heterocycles. The average Bonchev–Trinajstić information content (AvgIpc) is 2.16. The normalized spacial score (nSPS) is 28.9. The molecule has 2 nitrogen and oxygen atoms in total. The van der Waals surface area contributed by atoms with Crippen molar-refractivity contribution < 1.29 is 4.74 Å². The maximum Gasteiger partial charge on any atom is 0.0668 e. The van der Waals surface area contributed by atoms with Gasteiger partial charge in [0, 0.05) is 11.5 Å². The minimum absolute atomic E-state index is 0.0164. The largest absolute Gasteiger partial charge is 0.372 e. The first-order chi connectivity index (χ1) is 7.39. The Balaban J connectivity index is 2.68. The lowest BCUT2D eigenvalue weighted by Gasteiger charge is -2.57. The van der Waals surface area contributed by atoms with Crippen molar-refractivity contribution in [1.29, 1.82) is 0 Å². The van der Waals surface area contributed by atoms with Crippen LogP contribution in [-0.2, 0) is 4.74 Å². The molecule has 0 bridgehead atoms. The first kappa shape index (κ1) is 14.0. The fourth-order valence-electron chi connectivity index (χ4n) is 3.07. The van der Waals surface area contributed by atoms with E-state index in [1.54, 1.807) is 0 Å². The predicted octanol–water partition coefficient (Wildman–Crippen LogP) is 3.36. The summed E-state index contributed by atoms with van der Waals surface area (Å²) in [5.41, 5.74) is 0.348. The highest BCUT2D eigenvalue weighted by Gasteiger charge is 2.53. The van der Waals surface area contributed by atoms with Crippen LogP contribution in [0.1, 0.15) is 60.8 Å². The van der Waals surface area contributed by atoms with Crippen LogP contribution < -0.4 is 5.32 Å². The van der Waals surface area contributed by atoms with E-state index < -0.39 is 0 Å². The van der Waals surface area contributed by atoms with Crippen molar-refractivity contribution in [2.45, 2.75) is 78.6 Å². The van der Waals surface area contributed by atoms with Crippen LogP contribution in [0.2, 0.25) is 0 Å². The highest BCUT2D eigenvalue weighted by atomic mass is 16.5. The van der Waals surface area contributed by atoms with Crippen molar-refractivity contribution in [3.05, 3.63) is 0 Å². The molecule has 2 atom stereocenters. The van der Waals surface area contributed by atoms with Crippen LogP contribution in [-0.4, -0.2) is 24.3 Å². The van der Waals surface area contributed by atoms with Gasteiger partial charge in [-0.15, -0.1) is 0 Å². The van der Waals surface area contributed by atoms with Gasteiger partial charge in [0.15, 0.2) is 0 Å². The van der Waals surface area contributed by atoms with Crippen molar-refractivity contribution in [3.63, 3.8) is 0 Å². The lowest BCUT2D eigenvalue weighted by atomic mass is 9.58. The Morgan fingerprint density at radius 2 is 1.75 bits per heavy atom. The molecule has 0 aromatic rings. The summed E-state index contributed by atoms with van der Waals surface area (Å²) in [6.07, 6.45) is 4.03. The van der Waals surface area contributed by atoms with Crippen LogP contribution in [0.3, 0.4) is 0 Å². The van der Waals surface area contributed by atoms with Gasteiger partial charge in [0.2, 0.25) is 0 Å². The number of rotatable bonds is 5. The standard InChI is InChI=1S/C14H29NO/c1-7-14(8-2)11(15-9-3)10-12(14)16-13(4,5)6/h11-12,15H,7-10H2,1-6H3. The van der Waals surface area contributed by atoms with Crippen molar-refractivity contribution in [3.8, 4) is 0 Å². The molecule has 0 spiro atoms. The molecule has 1 aliphatic rings. The summed E-state index contributed by atoms with van der Waals surface area (Å²) in [5, 5.41) is 3.61. The zero-order valence-corrected chi connectivity index (χ0v) is 11.9. The summed E-state index contributed by atoms with van der Waals surface area (Å²) >= 11 is 0. The van der Waals surface area contributed by atoms with Crippen LogP contribution in [0.4, 0.5) is 0 Å². The smallest absolute Gasteiger partial charge is 0.0668 e. The van der Waals surface area contributed by atoms with Gasteiger partial charge in [0.05, 0.1) is 11.7 Å². The lowest BCUT2D eigenvalue weighted by Crippen LogP contribution is -2.64. The van der Waals surface area contributed by atoms with Gasteiger partial charge in [0.1, 0.15) is 0 Å². The van der Waals surface area contributed by atoms with E-state index in [-0.39, 0.29) is 5.60 Å². The third-order valence-corrected chi connectivity index (χ3v) is 4.05. The summed E-state index contributed by atoms with van der Waals surface area (Å²) in [4.78, 5) is 0. The Morgan fingerprint density at radius 3 is 2.12 bits per heavy atom. The molecule has 96 valence electrons. The topological polar surface area (TPSA) is 21.3 Å². The minimum Gasteiger partial charge on any atom is -0.372 e. The molecular formula is C14H29NO. The first-order valence-electron chi connectivity index (χ1n) is 6.80. The van der Waals surface area contributed by atoms with Gasteiger partial charge >= 0.3 is 0 Å². The van der Waals surface area contributed by atoms with Crippen molar-refractivity contribution in [2.24, 2.45) is 5.41 Å². The molecule has 0 aromatic carbocycles. The lowest BCUT2D eigenvalue weighted by molar-refractivity contribution is -0.189. The molecule has 1 fully saturated rings. The minimum atomic E-state index is -0.0164.